The standard InChI is InChI=1S/C26H22FN3O3S/c1-2-14-28-24(32)18-8-13-21-22(15-18)29-26(34-16-23(31)17-6-4-3-5-7-17)30(25(21)33)20-11-9-19(27)10-12-20/h3-13,15H,2,14,16H2,1H3,(H,28,32). The van der Waals surface area contributed by atoms with Gasteiger partial charge >= 0.3 is 0 Å². The molecule has 4 aromatic rings. The minimum atomic E-state index is -0.429. The Morgan fingerprint density at radius 1 is 1.00 bits per heavy atom. The molecule has 4 rings (SSSR count). The molecule has 0 aliphatic carbocycles. The molecule has 3 aromatic carbocycles. The third-order valence-electron chi connectivity index (χ3n) is 5.15. The molecule has 0 aliphatic rings. The first-order chi connectivity index (χ1) is 16.5. The number of amides is 1. The van der Waals surface area contributed by atoms with Gasteiger partial charge in [0.25, 0.3) is 11.5 Å². The summed E-state index contributed by atoms with van der Waals surface area (Å²) < 4.78 is 14.9. The maximum absolute atomic E-state index is 13.5. The summed E-state index contributed by atoms with van der Waals surface area (Å²) in [6.45, 7) is 2.50. The van der Waals surface area contributed by atoms with E-state index in [-0.39, 0.29) is 28.2 Å². The summed E-state index contributed by atoms with van der Waals surface area (Å²) >= 11 is 1.11. The number of aromatic nitrogens is 2. The highest BCUT2D eigenvalue weighted by Crippen LogP contribution is 2.23. The minimum Gasteiger partial charge on any atom is -0.352 e. The fraction of sp³-hybridized carbons (Fsp3) is 0.154. The number of benzene rings is 3. The van der Waals surface area contributed by atoms with Crippen LogP contribution >= 0.6 is 11.8 Å². The number of rotatable bonds is 8. The Kier molecular flexibility index (Phi) is 7.18. The van der Waals surface area contributed by atoms with Crippen molar-refractivity contribution in [3.8, 4) is 5.69 Å². The van der Waals surface area contributed by atoms with Crippen molar-refractivity contribution in [1.82, 2.24) is 14.9 Å². The lowest BCUT2D eigenvalue weighted by Crippen LogP contribution is -2.25. The lowest BCUT2D eigenvalue weighted by atomic mass is 10.1. The Bertz CT molecular complexity index is 1400. The van der Waals surface area contributed by atoms with Crippen LogP contribution in [0.1, 0.15) is 34.1 Å². The Labute approximate surface area is 199 Å². The van der Waals surface area contributed by atoms with Gasteiger partial charge in [-0.1, -0.05) is 49.0 Å². The highest BCUT2D eigenvalue weighted by atomic mass is 32.2. The normalized spacial score (nSPS) is 10.9. The van der Waals surface area contributed by atoms with Crippen molar-refractivity contribution in [1.29, 1.82) is 0 Å². The number of thioether (sulfide) groups is 1. The second-order valence-electron chi connectivity index (χ2n) is 7.58. The highest BCUT2D eigenvalue weighted by molar-refractivity contribution is 7.99. The summed E-state index contributed by atoms with van der Waals surface area (Å²) in [7, 11) is 0. The number of carbonyl (C=O) groups is 2. The van der Waals surface area contributed by atoms with Crippen LogP contribution in [-0.4, -0.2) is 33.5 Å². The zero-order valence-electron chi connectivity index (χ0n) is 18.5. The van der Waals surface area contributed by atoms with E-state index in [1.807, 2.05) is 13.0 Å². The maximum Gasteiger partial charge on any atom is 0.266 e. The second kappa shape index (κ2) is 10.4. The second-order valence-corrected chi connectivity index (χ2v) is 8.52. The van der Waals surface area contributed by atoms with Gasteiger partial charge in [0.2, 0.25) is 0 Å². The average molecular weight is 476 g/mol. The minimum absolute atomic E-state index is 0.0554. The third kappa shape index (κ3) is 5.07. The molecule has 6 nitrogen and oxygen atoms in total. The van der Waals surface area contributed by atoms with Gasteiger partial charge in [-0.25, -0.2) is 9.37 Å². The van der Waals surface area contributed by atoms with Gasteiger partial charge in [0.1, 0.15) is 5.82 Å². The summed E-state index contributed by atoms with van der Waals surface area (Å²) in [5.41, 5.74) is 1.36. The van der Waals surface area contributed by atoms with Crippen molar-refractivity contribution in [3.05, 3.63) is 100 Å². The van der Waals surface area contributed by atoms with Crippen LogP contribution in [0.25, 0.3) is 16.6 Å². The van der Waals surface area contributed by atoms with Crippen molar-refractivity contribution in [2.75, 3.05) is 12.3 Å². The molecule has 1 aromatic heterocycles. The molecule has 0 saturated heterocycles. The zero-order chi connectivity index (χ0) is 24.1. The van der Waals surface area contributed by atoms with Gasteiger partial charge in [-0.15, -0.1) is 0 Å². The third-order valence-corrected chi connectivity index (χ3v) is 6.09. The Morgan fingerprint density at radius 2 is 1.74 bits per heavy atom. The van der Waals surface area contributed by atoms with Gasteiger partial charge < -0.3 is 5.32 Å². The first-order valence-corrected chi connectivity index (χ1v) is 11.8. The van der Waals surface area contributed by atoms with Crippen LogP contribution < -0.4 is 10.9 Å². The number of hydrogen-bond donors (Lipinski definition) is 1. The van der Waals surface area contributed by atoms with E-state index < -0.39 is 5.82 Å². The number of Topliss-reactive ketones (excluding diaryl/α,β-unsaturated/α-hetero) is 1. The van der Waals surface area contributed by atoms with Gasteiger partial charge in [0.15, 0.2) is 10.9 Å². The van der Waals surface area contributed by atoms with Crippen LogP contribution in [0.15, 0.2) is 82.7 Å². The molecule has 1 N–H and O–H groups in total. The molecule has 1 amide bonds. The Hall–Kier alpha value is -3.78. The van der Waals surface area contributed by atoms with E-state index in [2.05, 4.69) is 10.3 Å². The molecule has 0 atom stereocenters. The summed E-state index contributed by atoms with van der Waals surface area (Å²) in [5, 5.41) is 3.40. The van der Waals surface area contributed by atoms with E-state index in [1.54, 1.807) is 42.5 Å². The fourth-order valence-electron chi connectivity index (χ4n) is 3.40. The number of carbonyl (C=O) groups excluding carboxylic acids is 2. The first kappa shape index (κ1) is 23.4. The predicted octanol–water partition coefficient (Wildman–Crippen LogP) is 4.64. The van der Waals surface area contributed by atoms with Crippen molar-refractivity contribution >= 4 is 34.4 Å². The van der Waals surface area contributed by atoms with E-state index in [4.69, 9.17) is 0 Å². The smallest absolute Gasteiger partial charge is 0.266 e. The molecule has 0 unspecified atom stereocenters. The van der Waals surface area contributed by atoms with Crippen LogP contribution in [-0.2, 0) is 0 Å². The van der Waals surface area contributed by atoms with Crippen molar-refractivity contribution in [3.63, 3.8) is 0 Å². The van der Waals surface area contributed by atoms with Gasteiger partial charge in [-0.2, -0.15) is 0 Å². The van der Waals surface area contributed by atoms with E-state index >= 15 is 0 Å². The maximum atomic E-state index is 13.5. The lowest BCUT2D eigenvalue weighted by molar-refractivity contribution is 0.0952. The monoisotopic (exact) mass is 475 g/mol. The molecule has 172 valence electrons. The lowest BCUT2D eigenvalue weighted by Gasteiger charge is -2.14. The van der Waals surface area contributed by atoms with Crippen LogP contribution in [0, 0.1) is 5.82 Å². The summed E-state index contributed by atoms with van der Waals surface area (Å²) in [5.74, 6) is -0.735. The molecule has 1 heterocycles. The zero-order valence-corrected chi connectivity index (χ0v) is 19.3. The number of ketones is 1. The number of nitrogens with one attached hydrogen (secondary N) is 1. The Morgan fingerprint density at radius 3 is 2.44 bits per heavy atom. The van der Waals surface area contributed by atoms with Crippen LogP contribution in [0.3, 0.4) is 0 Å². The van der Waals surface area contributed by atoms with E-state index in [1.165, 1.54) is 28.8 Å². The number of fused-ring (bicyclic) bond motifs is 1. The van der Waals surface area contributed by atoms with Crippen molar-refractivity contribution in [2.45, 2.75) is 18.5 Å². The van der Waals surface area contributed by atoms with Crippen LogP contribution in [0.4, 0.5) is 4.39 Å². The van der Waals surface area contributed by atoms with Crippen LogP contribution in [0.2, 0.25) is 0 Å². The number of hydrogen-bond acceptors (Lipinski definition) is 5. The van der Waals surface area contributed by atoms with Crippen molar-refractivity contribution < 1.29 is 14.0 Å². The highest BCUT2D eigenvalue weighted by Gasteiger charge is 2.17. The van der Waals surface area contributed by atoms with E-state index in [0.29, 0.717) is 34.3 Å². The van der Waals surface area contributed by atoms with Gasteiger partial charge in [0.05, 0.1) is 22.3 Å². The molecule has 0 saturated carbocycles. The first-order valence-electron chi connectivity index (χ1n) is 10.8. The topological polar surface area (TPSA) is 81.1 Å². The predicted molar refractivity (Wildman–Crippen MR) is 131 cm³/mol. The van der Waals surface area contributed by atoms with Crippen molar-refractivity contribution in [2.24, 2.45) is 0 Å². The average Bonchev–Trinajstić information content (AvgIpc) is 2.87. The quantitative estimate of drug-likeness (QED) is 0.228. The van der Waals surface area contributed by atoms with Gasteiger partial charge in [-0.3, -0.25) is 19.0 Å². The molecule has 0 bridgehead atoms. The molecule has 34 heavy (non-hydrogen) atoms. The summed E-state index contributed by atoms with van der Waals surface area (Å²) in [6.07, 6.45) is 0.802. The molecule has 0 spiro atoms. The Balaban J connectivity index is 1.78. The van der Waals surface area contributed by atoms with Gasteiger partial charge in [0, 0.05) is 17.7 Å². The largest absolute Gasteiger partial charge is 0.352 e. The van der Waals surface area contributed by atoms with E-state index in [9.17, 15) is 18.8 Å². The summed E-state index contributed by atoms with van der Waals surface area (Å²) in [4.78, 5) is 43.1. The summed E-state index contributed by atoms with van der Waals surface area (Å²) in [6, 6.07) is 19.1. The molecule has 0 aliphatic heterocycles. The molecule has 0 fully saturated rings. The van der Waals surface area contributed by atoms with E-state index in [0.717, 1.165) is 18.2 Å². The van der Waals surface area contributed by atoms with Gasteiger partial charge in [-0.05, 0) is 48.9 Å². The molecule has 0 radical (unpaired) electrons. The fourth-order valence-corrected chi connectivity index (χ4v) is 4.31. The molecular formula is C26H22FN3O3S. The molecule has 8 heteroatoms. The SMILES string of the molecule is CCCNC(=O)c1ccc2c(=O)n(-c3ccc(F)cc3)c(SCC(=O)c3ccccc3)nc2c1. The van der Waals surface area contributed by atoms with Crippen LogP contribution in [0.5, 0.6) is 0 Å². The molecular weight excluding hydrogens is 453 g/mol. The number of halogens is 1. The number of nitrogens with zero attached hydrogens (tertiary/aromatic N) is 2.